The van der Waals surface area contributed by atoms with Crippen molar-refractivity contribution in [3.8, 4) is 0 Å². The van der Waals surface area contributed by atoms with Gasteiger partial charge in [0.1, 0.15) is 5.82 Å². The standard InChI is InChI=1S/C12H20N4OS/c1-8(2)10(11(13)18)12(17)15-5-4-9-14-6-7-16(9)3/h6-8,10H,4-5H2,1-3H3,(H2,13,18)(H,15,17). The molecule has 5 nitrogen and oxygen atoms in total. The fourth-order valence-corrected chi connectivity index (χ4v) is 2.18. The molecule has 1 aromatic rings. The van der Waals surface area contributed by atoms with E-state index in [0.29, 0.717) is 13.0 Å². The molecule has 0 aliphatic heterocycles. The van der Waals surface area contributed by atoms with Crippen molar-refractivity contribution in [3.63, 3.8) is 0 Å². The maximum absolute atomic E-state index is 11.9. The van der Waals surface area contributed by atoms with Crippen molar-refractivity contribution in [1.82, 2.24) is 14.9 Å². The van der Waals surface area contributed by atoms with E-state index in [1.165, 1.54) is 0 Å². The molecule has 1 aromatic heterocycles. The minimum Gasteiger partial charge on any atom is -0.393 e. The number of hydrogen-bond donors (Lipinski definition) is 2. The third-order valence-corrected chi connectivity index (χ3v) is 3.08. The monoisotopic (exact) mass is 268 g/mol. The molecule has 1 amide bonds. The van der Waals surface area contributed by atoms with E-state index in [4.69, 9.17) is 18.0 Å². The first kappa shape index (κ1) is 14.6. The second kappa shape index (κ2) is 6.49. The van der Waals surface area contributed by atoms with E-state index in [0.717, 1.165) is 5.82 Å². The summed E-state index contributed by atoms with van der Waals surface area (Å²) in [6, 6.07) is 0. The van der Waals surface area contributed by atoms with Crippen LogP contribution in [0.3, 0.4) is 0 Å². The van der Waals surface area contributed by atoms with Crippen LogP contribution in [0.1, 0.15) is 19.7 Å². The van der Waals surface area contributed by atoms with E-state index in [9.17, 15) is 4.79 Å². The number of aryl methyl sites for hydroxylation is 1. The highest BCUT2D eigenvalue weighted by Crippen LogP contribution is 2.11. The van der Waals surface area contributed by atoms with Crippen LogP contribution in [-0.2, 0) is 18.3 Å². The van der Waals surface area contributed by atoms with Crippen molar-refractivity contribution in [2.45, 2.75) is 20.3 Å². The van der Waals surface area contributed by atoms with Gasteiger partial charge in [0.15, 0.2) is 0 Å². The largest absolute Gasteiger partial charge is 0.393 e. The van der Waals surface area contributed by atoms with Gasteiger partial charge in [-0.2, -0.15) is 0 Å². The minimum atomic E-state index is -0.402. The van der Waals surface area contributed by atoms with Crippen LogP contribution >= 0.6 is 12.2 Å². The molecule has 18 heavy (non-hydrogen) atoms. The van der Waals surface area contributed by atoms with E-state index in [2.05, 4.69) is 10.3 Å². The average Bonchev–Trinajstić information content (AvgIpc) is 2.63. The van der Waals surface area contributed by atoms with Gasteiger partial charge in [0.25, 0.3) is 0 Å². The first-order chi connectivity index (χ1) is 8.43. The van der Waals surface area contributed by atoms with Crippen LogP contribution in [0, 0.1) is 11.8 Å². The normalized spacial score (nSPS) is 12.4. The highest BCUT2D eigenvalue weighted by Gasteiger charge is 2.24. The lowest BCUT2D eigenvalue weighted by atomic mass is 9.95. The Bertz CT molecular complexity index is 427. The van der Waals surface area contributed by atoms with Crippen LogP contribution in [0.15, 0.2) is 12.4 Å². The van der Waals surface area contributed by atoms with Gasteiger partial charge in [-0.1, -0.05) is 26.1 Å². The molecule has 0 spiro atoms. The molecule has 100 valence electrons. The molecule has 0 fully saturated rings. The van der Waals surface area contributed by atoms with Crippen molar-refractivity contribution in [1.29, 1.82) is 0 Å². The number of carbonyl (C=O) groups is 1. The van der Waals surface area contributed by atoms with Gasteiger partial charge in [-0.05, 0) is 5.92 Å². The Hall–Kier alpha value is -1.43. The van der Waals surface area contributed by atoms with Gasteiger partial charge in [-0.15, -0.1) is 0 Å². The molecule has 1 rings (SSSR count). The van der Waals surface area contributed by atoms with Gasteiger partial charge in [0.2, 0.25) is 5.91 Å². The van der Waals surface area contributed by atoms with Gasteiger partial charge >= 0.3 is 0 Å². The smallest absolute Gasteiger partial charge is 0.230 e. The Morgan fingerprint density at radius 3 is 2.72 bits per heavy atom. The molecular weight excluding hydrogens is 248 g/mol. The summed E-state index contributed by atoms with van der Waals surface area (Å²) in [6.07, 6.45) is 4.31. The van der Waals surface area contributed by atoms with Crippen molar-refractivity contribution in [2.75, 3.05) is 6.54 Å². The zero-order valence-electron chi connectivity index (χ0n) is 11.0. The molecule has 0 radical (unpaired) electrons. The zero-order valence-corrected chi connectivity index (χ0v) is 11.8. The van der Waals surface area contributed by atoms with Gasteiger partial charge in [0, 0.05) is 32.4 Å². The number of nitrogens with one attached hydrogen (secondary N) is 1. The summed E-state index contributed by atoms with van der Waals surface area (Å²) in [5.74, 6) is 0.537. The van der Waals surface area contributed by atoms with Crippen LogP contribution in [-0.4, -0.2) is 27.0 Å². The Balaban J connectivity index is 2.46. The maximum atomic E-state index is 11.9. The van der Waals surface area contributed by atoms with Crippen LogP contribution in [0.2, 0.25) is 0 Å². The van der Waals surface area contributed by atoms with Gasteiger partial charge in [-0.3, -0.25) is 4.79 Å². The summed E-state index contributed by atoms with van der Waals surface area (Å²) < 4.78 is 1.93. The van der Waals surface area contributed by atoms with Crippen molar-refractivity contribution < 1.29 is 4.79 Å². The summed E-state index contributed by atoms with van der Waals surface area (Å²) in [5, 5.41) is 2.85. The molecule has 1 unspecified atom stereocenters. The molecule has 6 heteroatoms. The number of rotatable bonds is 6. The maximum Gasteiger partial charge on any atom is 0.230 e. The number of thiocarbonyl (C=S) groups is 1. The number of hydrogen-bond acceptors (Lipinski definition) is 3. The minimum absolute atomic E-state index is 0.105. The van der Waals surface area contributed by atoms with E-state index in [-0.39, 0.29) is 16.8 Å². The number of nitrogens with two attached hydrogens (primary N) is 1. The molecule has 1 heterocycles. The van der Waals surface area contributed by atoms with Gasteiger partial charge < -0.3 is 15.6 Å². The van der Waals surface area contributed by atoms with E-state index >= 15 is 0 Å². The molecule has 0 bridgehead atoms. The second-order valence-corrected chi connectivity index (χ2v) is 5.09. The van der Waals surface area contributed by atoms with Crippen molar-refractivity contribution >= 4 is 23.1 Å². The second-order valence-electron chi connectivity index (χ2n) is 4.62. The lowest BCUT2D eigenvalue weighted by Gasteiger charge is -2.18. The summed E-state index contributed by atoms with van der Waals surface area (Å²) in [4.78, 5) is 16.4. The Morgan fingerprint density at radius 2 is 2.28 bits per heavy atom. The summed E-state index contributed by atoms with van der Waals surface area (Å²) in [6.45, 7) is 4.40. The molecule has 0 aromatic carbocycles. The highest BCUT2D eigenvalue weighted by molar-refractivity contribution is 7.80. The van der Waals surface area contributed by atoms with E-state index < -0.39 is 5.92 Å². The predicted molar refractivity (Wildman–Crippen MR) is 75.0 cm³/mol. The summed E-state index contributed by atoms with van der Waals surface area (Å²) in [5.41, 5.74) is 5.58. The van der Waals surface area contributed by atoms with Crippen LogP contribution in [0.5, 0.6) is 0 Å². The van der Waals surface area contributed by atoms with E-state index in [1.807, 2.05) is 31.7 Å². The third-order valence-electron chi connectivity index (χ3n) is 2.82. The van der Waals surface area contributed by atoms with Crippen molar-refractivity contribution in [2.24, 2.45) is 24.6 Å². The fourth-order valence-electron chi connectivity index (χ4n) is 1.81. The SMILES string of the molecule is CC(C)C(C(=O)NCCc1nccn1C)C(N)=S. The first-order valence-electron chi connectivity index (χ1n) is 5.96. The summed E-state index contributed by atoms with van der Waals surface area (Å²) >= 11 is 4.92. The molecular formula is C12H20N4OS. The number of carbonyl (C=O) groups excluding carboxylic acids is 1. The molecule has 0 aliphatic carbocycles. The Kier molecular flexibility index (Phi) is 5.27. The predicted octanol–water partition coefficient (Wildman–Crippen LogP) is 0.637. The Morgan fingerprint density at radius 1 is 1.61 bits per heavy atom. The average molecular weight is 268 g/mol. The van der Waals surface area contributed by atoms with Gasteiger partial charge in [0.05, 0.1) is 10.9 Å². The van der Waals surface area contributed by atoms with Gasteiger partial charge in [-0.25, -0.2) is 4.98 Å². The van der Waals surface area contributed by atoms with E-state index in [1.54, 1.807) is 6.20 Å². The number of aromatic nitrogens is 2. The Labute approximate surface area is 113 Å². The number of imidazole rings is 1. The zero-order chi connectivity index (χ0) is 13.7. The number of nitrogens with zero attached hydrogens (tertiary/aromatic N) is 2. The van der Waals surface area contributed by atoms with Crippen LogP contribution < -0.4 is 11.1 Å². The summed E-state index contributed by atoms with van der Waals surface area (Å²) in [7, 11) is 1.93. The first-order valence-corrected chi connectivity index (χ1v) is 6.37. The molecule has 1 atom stereocenters. The quantitative estimate of drug-likeness (QED) is 0.743. The molecule has 0 saturated carbocycles. The third kappa shape index (κ3) is 3.80. The fraction of sp³-hybridized carbons (Fsp3) is 0.583. The molecule has 3 N–H and O–H groups in total. The molecule has 0 aliphatic rings. The van der Waals surface area contributed by atoms with Crippen LogP contribution in [0.4, 0.5) is 0 Å². The van der Waals surface area contributed by atoms with Crippen LogP contribution in [0.25, 0.3) is 0 Å². The number of amides is 1. The lowest BCUT2D eigenvalue weighted by molar-refractivity contribution is -0.123. The highest BCUT2D eigenvalue weighted by atomic mass is 32.1. The van der Waals surface area contributed by atoms with Crippen molar-refractivity contribution in [3.05, 3.63) is 18.2 Å². The lowest BCUT2D eigenvalue weighted by Crippen LogP contribution is -2.41. The molecule has 0 saturated heterocycles. The topological polar surface area (TPSA) is 72.9 Å².